The van der Waals surface area contributed by atoms with Crippen LogP contribution in [-0.2, 0) is 5.41 Å². The lowest BCUT2D eigenvalue weighted by Crippen LogP contribution is -2.31. The molecule has 0 radical (unpaired) electrons. The Hall–Kier alpha value is -3.58. The highest BCUT2D eigenvalue weighted by molar-refractivity contribution is 7.18. The van der Waals surface area contributed by atoms with Gasteiger partial charge in [0, 0.05) is 17.9 Å². The maximum Gasteiger partial charge on any atom is 0.258 e. The van der Waals surface area contributed by atoms with Crippen LogP contribution in [0.4, 0.5) is 0 Å². The molecule has 3 aromatic heterocycles. The SMILES string of the molecule is CCCCC(CC)CC1(CC(CC)CCCC)c2cc(C)ccc2-c2ccc(-c3nnc(-c4ccc(-c5nnc(C)o5)s4)o3)cc21. The Balaban J connectivity index is 1.42. The Kier molecular flexibility index (Phi) is 9.88. The van der Waals surface area contributed by atoms with Gasteiger partial charge in [-0.25, -0.2) is 0 Å². The number of unbranched alkanes of at least 4 members (excludes halogenated alkanes) is 2. The van der Waals surface area contributed by atoms with Crippen LogP contribution < -0.4 is 0 Å². The molecule has 0 saturated carbocycles. The van der Waals surface area contributed by atoms with Crippen LogP contribution in [0.3, 0.4) is 0 Å². The van der Waals surface area contributed by atoms with Gasteiger partial charge in [-0.1, -0.05) is 109 Å². The molecule has 1 aliphatic carbocycles. The number of rotatable bonds is 15. The van der Waals surface area contributed by atoms with E-state index in [1.165, 1.54) is 103 Å². The number of aromatic nitrogens is 4. The predicted octanol–water partition coefficient (Wildman–Crippen LogP) is 11.6. The van der Waals surface area contributed by atoms with Crippen LogP contribution in [0.2, 0.25) is 0 Å². The molecule has 0 N–H and O–H groups in total. The quantitative estimate of drug-likeness (QED) is 0.114. The molecule has 6 nitrogen and oxygen atoms in total. The third kappa shape index (κ3) is 6.35. The van der Waals surface area contributed by atoms with Gasteiger partial charge in [-0.3, -0.25) is 0 Å². The van der Waals surface area contributed by atoms with Gasteiger partial charge in [-0.2, -0.15) is 0 Å². The van der Waals surface area contributed by atoms with Crippen LogP contribution in [0.25, 0.3) is 44.1 Å². The summed E-state index contributed by atoms with van der Waals surface area (Å²) < 4.78 is 12.0. The van der Waals surface area contributed by atoms with Gasteiger partial charge in [-0.15, -0.1) is 31.7 Å². The van der Waals surface area contributed by atoms with Crippen molar-refractivity contribution in [2.45, 2.75) is 111 Å². The predicted molar refractivity (Wildman–Crippen MR) is 188 cm³/mol. The van der Waals surface area contributed by atoms with Crippen LogP contribution in [-0.4, -0.2) is 20.4 Å². The summed E-state index contributed by atoms with van der Waals surface area (Å²) >= 11 is 1.51. The standard InChI is InChI=1S/C39H48N4O2S/c1-7-11-13-27(9-3)23-39(24-28(10-4)14-12-8-2)32-21-25(5)15-17-30(32)31-18-16-29(22-33(31)39)36-41-43-38(45-36)35-20-19-34(46-35)37-42-40-26(6)44-37/h15-22,27-28H,7-14,23-24H2,1-6H3. The fourth-order valence-corrected chi connectivity index (χ4v) is 8.39. The van der Waals surface area contributed by atoms with Crippen LogP contribution in [0.5, 0.6) is 0 Å². The number of hydrogen-bond donors (Lipinski definition) is 0. The van der Waals surface area contributed by atoms with Gasteiger partial charge in [-0.05, 0) is 78.1 Å². The third-order valence-electron chi connectivity index (χ3n) is 10.1. The van der Waals surface area contributed by atoms with Gasteiger partial charge in [0.1, 0.15) is 0 Å². The lowest BCUT2D eigenvalue weighted by molar-refractivity contribution is 0.266. The van der Waals surface area contributed by atoms with Gasteiger partial charge < -0.3 is 8.83 Å². The molecule has 2 aromatic carbocycles. The molecule has 0 saturated heterocycles. The second-order valence-electron chi connectivity index (χ2n) is 13.3. The highest BCUT2D eigenvalue weighted by atomic mass is 32.1. The first kappa shape index (κ1) is 32.4. The van der Waals surface area contributed by atoms with Crippen molar-refractivity contribution in [1.29, 1.82) is 0 Å². The van der Waals surface area contributed by atoms with E-state index in [2.05, 4.69) is 91.4 Å². The van der Waals surface area contributed by atoms with Crippen molar-refractivity contribution in [2.24, 2.45) is 11.8 Å². The van der Waals surface area contributed by atoms with E-state index in [1.54, 1.807) is 6.92 Å². The maximum absolute atomic E-state index is 6.37. The Labute approximate surface area is 278 Å². The normalized spacial score (nSPS) is 16.8. The summed E-state index contributed by atoms with van der Waals surface area (Å²) in [5.41, 5.74) is 8.02. The second-order valence-corrected chi connectivity index (χ2v) is 14.4. The highest BCUT2D eigenvalue weighted by Crippen LogP contribution is 2.57. The third-order valence-corrected chi connectivity index (χ3v) is 11.2. The fraction of sp³-hybridized carbons (Fsp3) is 0.487. The first-order valence-corrected chi connectivity index (χ1v) is 18.2. The summed E-state index contributed by atoms with van der Waals surface area (Å²) in [6.07, 6.45) is 12.4. The number of fused-ring (bicyclic) bond motifs is 3. The van der Waals surface area contributed by atoms with E-state index in [1.807, 2.05) is 12.1 Å². The molecule has 0 fully saturated rings. The van der Waals surface area contributed by atoms with Crippen molar-refractivity contribution in [2.75, 3.05) is 0 Å². The number of nitrogens with zero attached hydrogens (tertiary/aromatic N) is 4. The molecule has 6 rings (SSSR count). The van der Waals surface area contributed by atoms with E-state index in [0.29, 0.717) is 35.4 Å². The Morgan fingerprint density at radius 1 is 0.652 bits per heavy atom. The summed E-state index contributed by atoms with van der Waals surface area (Å²) in [4.78, 5) is 1.76. The highest BCUT2D eigenvalue weighted by Gasteiger charge is 2.45. The molecule has 7 heteroatoms. The van der Waals surface area contributed by atoms with Gasteiger partial charge in [0.15, 0.2) is 0 Å². The lowest BCUT2D eigenvalue weighted by Gasteiger charge is -2.39. The smallest absolute Gasteiger partial charge is 0.258 e. The molecular weight excluding hydrogens is 589 g/mol. The van der Waals surface area contributed by atoms with Crippen molar-refractivity contribution in [3.8, 4) is 44.1 Å². The first-order valence-electron chi connectivity index (χ1n) is 17.4. The van der Waals surface area contributed by atoms with Gasteiger partial charge in [0.25, 0.3) is 11.8 Å². The van der Waals surface area contributed by atoms with Crippen molar-refractivity contribution >= 4 is 11.3 Å². The molecule has 5 aromatic rings. The van der Waals surface area contributed by atoms with Crippen LogP contribution in [0.1, 0.15) is 114 Å². The van der Waals surface area contributed by atoms with Crippen molar-refractivity contribution < 1.29 is 8.83 Å². The van der Waals surface area contributed by atoms with E-state index < -0.39 is 0 Å². The molecule has 242 valence electrons. The second kappa shape index (κ2) is 14.0. The number of aryl methyl sites for hydroxylation is 2. The Morgan fingerprint density at radius 2 is 1.22 bits per heavy atom. The number of benzene rings is 2. The van der Waals surface area contributed by atoms with Gasteiger partial charge in [0.2, 0.25) is 11.8 Å². The Morgan fingerprint density at radius 3 is 1.80 bits per heavy atom. The molecule has 0 spiro atoms. The average Bonchev–Trinajstić information content (AvgIpc) is 3.88. The first-order chi connectivity index (χ1) is 22.4. The minimum Gasteiger partial charge on any atom is -0.420 e. The Bertz CT molecular complexity index is 1750. The largest absolute Gasteiger partial charge is 0.420 e. The van der Waals surface area contributed by atoms with Crippen LogP contribution in [0.15, 0.2) is 57.4 Å². The molecule has 1 aliphatic rings. The minimum absolute atomic E-state index is 0.0384. The topological polar surface area (TPSA) is 77.8 Å². The van der Waals surface area contributed by atoms with E-state index in [9.17, 15) is 0 Å². The van der Waals surface area contributed by atoms with Crippen LogP contribution >= 0.6 is 11.3 Å². The molecule has 3 heterocycles. The minimum atomic E-state index is -0.0384. The molecule has 0 bridgehead atoms. The van der Waals surface area contributed by atoms with Gasteiger partial charge >= 0.3 is 0 Å². The number of thiophene rings is 1. The molecule has 46 heavy (non-hydrogen) atoms. The molecular formula is C39H48N4O2S. The average molecular weight is 637 g/mol. The van der Waals surface area contributed by atoms with E-state index in [-0.39, 0.29) is 5.41 Å². The summed E-state index contributed by atoms with van der Waals surface area (Å²) in [6, 6.07) is 18.0. The molecule has 2 atom stereocenters. The summed E-state index contributed by atoms with van der Waals surface area (Å²) in [5, 5.41) is 17.2. The van der Waals surface area contributed by atoms with Crippen molar-refractivity contribution in [3.63, 3.8) is 0 Å². The maximum atomic E-state index is 6.37. The van der Waals surface area contributed by atoms with E-state index >= 15 is 0 Å². The zero-order chi connectivity index (χ0) is 32.3. The molecule has 2 unspecified atom stereocenters. The monoisotopic (exact) mass is 636 g/mol. The van der Waals surface area contributed by atoms with Crippen molar-refractivity contribution in [1.82, 2.24) is 20.4 Å². The summed E-state index contributed by atoms with van der Waals surface area (Å²) in [7, 11) is 0. The van der Waals surface area contributed by atoms with E-state index in [4.69, 9.17) is 8.83 Å². The molecule has 0 aliphatic heterocycles. The number of hydrogen-bond acceptors (Lipinski definition) is 7. The lowest BCUT2D eigenvalue weighted by atomic mass is 9.65. The van der Waals surface area contributed by atoms with Crippen molar-refractivity contribution in [3.05, 3.63) is 71.1 Å². The van der Waals surface area contributed by atoms with Gasteiger partial charge in [0.05, 0.1) is 9.75 Å². The summed E-state index contributed by atoms with van der Waals surface area (Å²) in [5.74, 6) is 3.46. The zero-order valence-electron chi connectivity index (χ0n) is 28.4. The summed E-state index contributed by atoms with van der Waals surface area (Å²) in [6.45, 7) is 13.5. The fourth-order valence-electron chi connectivity index (χ4n) is 7.54. The van der Waals surface area contributed by atoms with Crippen LogP contribution in [0, 0.1) is 25.7 Å². The zero-order valence-corrected chi connectivity index (χ0v) is 29.2. The molecule has 0 amide bonds. The van der Waals surface area contributed by atoms with E-state index in [0.717, 1.165) is 15.3 Å².